The Balaban J connectivity index is 1.85. The number of carbonyl (C=O) groups is 2. The van der Waals surface area contributed by atoms with Gasteiger partial charge in [0.25, 0.3) is 0 Å². The number of nitrogens with zero attached hydrogens (tertiary/aromatic N) is 2. The highest BCUT2D eigenvalue weighted by molar-refractivity contribution is 5.95. The molecule has 162 valence electrons. The van der Waals surface area contributed by atoms with Gasteiger partial charge in [0.2, 0.25) is 11.8 Å². The molecule has 1 heterocycles. The minimum Gasteiger partial charge on any atom is -0.354 e. The van der Waals surface area contributed by atoms with E-state index in [1.165, 1.54) is 0 Å². The lowest BCUT2D eigenvalue weighted by atomic mass is 10.1. The number of carbonyl (C=O) groups excluding carboxylic acids is 2. The fourth-order valence-corrected chi connectivity index (χ4v) is 3.46. The SMILES string of the molecule is Cc1ccc(-n2nc(C)c(-c3ccccc3)c2NC(=O)CCCC(=O)NC(C)C)cc1. The van der Waals surface area contributed by atoms with Crippen molar-refractivity contribution in [3.63, 3.8) is 0 Å². The minimum absolute atomic E-state index is 0.0340. The van der Waals surface area contributed by atoms with Crippen LogP contribution in [0.25, 0.3) is 16.8 Å². The summed E-state index contributed by atoms with van der Waals surface area (Å²) >= 11 is 0. The average Bonchev–Trinajstić information content (AvgIpc) is 3.04. The maximum absolute atomic E-state index is 12.8. The van der Waals surface area contributed by atoms with Gasteiger partial charge >= 0.3 is 0 Å². The summed E-state index contributed by atoms with van der Waals surface area (Å²) in [7, 11) is 0. The van der Waals surface area contributed by atoms with Crippen molar-refractivity contribution in [1.29, 1.82) is 0 Å². The molecule has 3 rings (SSSR count). The second-order valence-electron chi connectivity index (χ2n) is 8.05. The number of amides is 2. The Labute approximate surface area is 183 Å². The van der Waals surface area contributed by atoms with E-state index >= 15 is 0 Å². The van der Waals surface area contributed by atoms with Gasteiger partial charge in [-0.2, -0.15) is 5.10 Å². The molecule has 0 aliphatic heterocycles. The molecule has 0 spiro atoms. The summed E-state index contributed by atoms with van der Waals surface area (Å²) in [5, 5.41) is 10.6. The van der Waals surface area contributed by atoms with E-state index in [-0.39, 0.29) is 24.3 Å². The van der Waals surface area contributed by atoms with Gasteiger partial charge in [0, 0.05) is 24.4 Å². The van der Waals surface area contributed by atoms with Crippen LogP contribution in [0, 0.1) is 13.8 Å². The number of nitrogens with one attached hydrogen (secondary N) is 2. The van der Waals surface area contributed by atoms with Crippen LogP contribution >= 0.6 is 0 Å². The van der Waals surface area contributed by atoms with Crippen LogP contribution in [-0.2, 0) is 9.59 Å². The largest absolute Gasteiger partial charge is 0.354 e. The molecule has 2 amide bonds. The van der Waals surface area contributed by atoms with Crippen molar-refractivity contribution in [2.45, 2.75) is 53.0 Å². The molecule has 2 aromatic carbocycles. The molecule has 31 heavy (non-hydrogen) atoms. The van der Waals surface area contributed by atoms with Crippen molar-refractivity contribution in [2.24, 2.45) is 0 Å². The molecular formula is C25H30N4O2. The number of aromatic nitrogens is 2. The molecule has 0 aliphatic rings. The van der Waals surface area contributed by atoms with E-state index in [4.69, 9.17) is 5.10 Å². The summed E-state index contributed by atoms with van der Waals surface area (Å²) in [5.74, 6) is 0.472. The molecule has 6 nitrogen and oxygen atoms in total. The third-order valence-corrected chi connectivity index (χ3v) is 4.92. The number of hydrogen-bond donors (Lipinski definition) is 2. The zero-order chi connectivity index (χ0) is 22.4. The van der Waals surface area contributed by atoms with Gasteiger partial charge in [0.1, 0.15) is 5.82 Å². The Bertz CT molecular complexity index is 1040. The lowest BCUT2D eigenvalue weighted by molar-refractivity contribution is -0.121. The second kappa shape index (κ2) is 10.1. The van der Waals surface area contributed by atoms with Crippen LogP contribution in [0.15, 0.2) is 54.6 Å². The van der Waals surface area contributed by atoms with E-state index in [0.29, 0.717) is 18.7 Å². The fourth-order valence-electron chi connectivity index (χ4n) is 3.46. The van der Waals surface area contributed by atoms with Crippen LogP contribution in [0.3, 0.4) is 0 Å². The standard InChI is InChI=1S/C25H30N4O2/c1-17(2)26-22(30)11-8-12-23(31)27-25-24(20-9-6-5-7-10-20)19(4)28-29(25)21-15-13-18(3)14-16-21/h5-7,9-10,13-17H,8,11-12H2,1-4H3,(H,26,30)(H,27,31). The molecule has 1 aromatic heterocycles. The number of aryl methyl sites for hydroxylation is 2. The van der Waals surface area contributed by atoms with Crippen molar-refractivity contribution in [3.05, 3.63) is 65.9 Å². The first-order valence-electron chi connectivity index (χ1n) is 10.7. The van der Waals surface area contributed by atoms with E-state index in [9.17, 15) is 9.59 Å². The van der Waals surface area contributed by atoms with E-state index in [0.717, 1.165) is 28.1 Å². The molecule has 0 saturated carbocycles. The molecular weight excluding hydrogens is 388 g/mol. The summed E-state index contributed by atoms with van der Waals surface area (Å²) in [4.78, 5) is 24.6. The maximum Gasteiger partial charge on any atom is 0.225 e. The molecule has 2 N–H and O–H groups in total. The van der Waals surface area contributed by atoms with Crippen LogP contribution in [-0.4, -0.2) is 27.6 Å². The molecule has 6 heteroatoms. The Hall–Kier alpha value is -3.41. The molecule has 0 bridgehead atoms. The smallest absolute Gasteiger partial charge is 0.225 e. The van der Waals surface area contributed by atoms with Gasteiger partial charge in [-0.05, 0) is 51.8 Å². The Morgan fingerprint density at radius 2 is 1.58 bits per heavy atom. The van der Waals surface area contributed by atoms with Gasteiger partial charge in [0.15, 0.2) is 0 Å². The van der Waals surface area contributed by atoms with E-state index in [1.54, 1.807) is 4.68 Å². The van der Waals surface area contributed by atoms with E-state index in [1.807, 2.05) is 82.3 Å². The summed E-state index contributed by atoms with van der Waals surface area (Å²) < 4.78 is 1.78. The predicted molar refractivity (Wildman–Crippen MR) is 124 cm³/mol. The van der Waals surface area contributed by atoms with Crippen molar-refractivity contribution in [3.8, 4) is 16.8 Å². The molecule has 0 fully saturated rings. The quantitative estimate of drug-likeness (QED) is 0.552. The van der Waals surface area contributed by atoms with Gasteiger partial charge in [-0.3, -0.25) is 9.59 Å². The Morgan fingerprint density at radius 3 is 2.23 bits per heavy atom. The predicted octanol–water partition coefficient (Wildman–Crippen LogP) is 4.79. The maximum atomic E-state index is 12.8. The highest BCUT2D eigenvalue weighted by Gasteiger charge is 2.20. The fraction of sp³-hybridized carbons (Fsp3) is 0.320. The van der Waals surface area contributed by atoms with Crippen LogP contribution in [0.5, 0.6) is 0 Å². The van der Waals surface area contributed by atoms with Crippen LogP contribution < -0.4 is 10.6 Å². The molecule has 0 atom stereocenters. The first-order valence-corrected chi connectivity index (χ1v) is 10.7. The molecule has 0 radical (unpaired) electrons. The van der Waals surface area contributed by atoms with Gasteiger partial charge in [-0.1, -0.05) is 48.0 Å². The highest BCUT2D eigenvalue weighted by Crippen LogP contribution is 2.33. The molecule has 3 aromatic rings. The second-order valence-corrected chi connectivity index (χ2v) is 8.05. The molecule has 0 unspecified atom stereocenters. The Morgan fingerprint density at radius 1 is 0.935 bits per heavy atom. The Kier molecular flexibility index (Phi) is 7.23. The third-order valence-electron chi connectivity index (χ3n) is 4.92. The third kappa shape index (κ3) is 5.81. The highest BCUT2D eigenvalue weighted by atomic mass is 16.2. The van der Waals surface area contributed by atoms with Gasteiger partial charge in [-0.15, -0.1) is 0 Å². The van der Waals surface area contributed by atoms with Gasteiger partial charge in [-0.25, -0.2) is 4.68 Å². The van der Waals surface area contributed by atoms with Crippen LogP contribution in [0.1, 0.15) is 44.4 Å². The summed E-state index contributed by atoms with van der Waals surface area (Å²) in [6, 6.07) is 18.0. The van der Waals surface area contributed by atoms with Crippen molar-refractivity contribution < 1.29 is 9.59 Å². The zero-order valence-electron chi connectivity index (χ0n) is 18.6. The summed E-state index contributed by atoms with van der Waals surface area (Å²) in [6.45, 7) is 7.82. The van der Waals surface area contributed by atoms with Crippen molar-refractivity contribution >= 4 is 17.6 Å². The normalized spacial score (nSPS) is 10.9. The van der Waals surface area contributed by atoms with Gasteiger partial charge < -0.3 is 10.6 Å². The zero-order valence-corrected chi connectivity index (χ0v) is 18.6. The molecule has 0 saturated heterocycles. The first-order chi connectivity index (χ1) is 14.8. The lowest BCUT2D eigenvalue weighted by Gasteiger charge is -2.12. The van der Waals surface area contributed by atoms with E-state index in [2.05, 4.69) is 10.6 Å². The van der Waals surface area contributed by atoms with Crippen LogP contribution in [0.4, 0.5) is 5.82 Å². The van der Waals surface area contributed by atoms with Crippen molar-refractivity contribution in [2.75, 3.05) is 5.32 Å². The van der Waals surface area contributed by atoms with Crippen molar-refractivity contribution in [1.82, 2.24) is 15.1 Å². The number of benzene rings is 2. The number of hydrogen-bond acceptors (Lipinski definition) is 3. The first kappa shape index (κ1) is 22.3. The monoisotopic (exact) mass is 418 g/mol. The van der Waals surface area contributed by atoms with E-state index < -0.39 is 0 Å². The summed E-state index contributed by atoms with van der Waals surface area (Å²) in [5.41, 5.74) is 4.75. The number of anilines is 1. The number of rotatable bonds is 8. The molecule has 0 aliphatic carbocycles. The van der Waals surface area contributed by atoms with Gasteiger partial charge in [0.05, 0.1) is 11.4 Å². The topological polar surface area (TPSA) is 76.0 Å². The van der Waals surface area contributed by atoms with Crippen LogP contribution in [0.2, 0.25) is 0 Å². The summed E-state index contributed by atoms with van der Waals surface area (Å²) in [6.07, 6.45) is 1.08. The lowest BCUT2D eigenvalue weighted by Crippen LogP contribution is -2.30. The average molecular weight is 419 g/mol. The minimum atomic E-state index is -0.136.